The first-order chi connectivity index (χ1) is 6.86. The van der Waals surface area contributed by atoms with Crippen molar-refractivity contribution in [3.63, 3.8) is 0 Å². The van der Waals surface area contributed by atoms with Crippen molar-refractivity contribution in [3.8, 4) is 0 Å². The first kappa shape index (κ1) is 12.4. The maximum Gasteiger partial charge on any atom is 0.142 e. The van der Waals surface area contributed by atoms with Crippen molar-refractivity contribution in [1.82, 2.24) is 0 Å². The standard InChI is InChI=1S/C10H18O5/c1-4(2)9-7(13)6(12)8(14)10(15-9)5(3)11/h4,6-14H,3H2,1-2H3/t6-,7?,8-,9+,10?/m1/s1. The van der Waals surface area contributed by atoms with Crippen molar-refractivity contribution < 1.29 is 25.2 Å². The highest BCUT2D eigenvalue weighted by molar-refractivity contribution is 5.03. The summed E-state index contributed by atoms with van der Waals surface area (Å²) in [5, 5.41) is 37.9. The summed E-state index contributed by atoms with van der Waals surface area (Å²) < 4.78 is 5.29. The summed E-state index contributed by atoms with van der Waals surface area (Å²) in [6.45, 7) is 6.89. The molecule has 1 saturated heterocycles. The molecule has 2 unspecified atom stereocenters. The predicted octanol–water partition coefficient (Wildman–Crippen LogP) is -0.436. The maximum absolute atomic E-state index is 9.63. The van der Waals surface area contributed by atoms with E-state index in [4.69, 9.17) is 4.74 Å². The molecule has 0 radical (unpaired) electrons. The van der Waals surface area contributed by atoms with Crippen LogP contribution in [0.2, 0.25) is 0 Å². The largest absolute Gasteiger partial charge is 0.510 e. The Labute approximate surface area is 88.6 Å². The van der Waals surface area contributed by atoms with Crippen LogP contribution in [0.3, 0.4) is 0 Å². The van der Waals surface area contributed by atoms with Crippen molar-refractivity contribution in [1.29, 1.82) is 0 Å². The van der Waals surface area contributed by atoms with E-state index in [2.05, 4.69) is 6.58 Å². The van der Waals surface area contributed by atoms with Crippen molar-refractivity contribution >= 4 is 0 Å². The Balaban J connectivity index is 2.85. The number of aliphatic hydroxyl groups excluding tert-OH is 4. The van der Waals surface area contributed by atoms with Gasteiger partial charge >= 0.3 is 0 Å². The summed E-state index contributed by atoms with van der Waals surface area (Å²) in [5.74, 6) is -0.386. The Morgan fingerprint density at radius 1 is 1.13 bits per heavy atom. The highest BCUT2D eigenvalue weighted by atomic mass is 16.5. The van der Waals surface area contributed by atoms with Crippen molar-refractivity contribution in [3.05, 3.63) is 12.3 Å². The lowest BCUT2D eigenvalue weighted by atomic mass is 9.89. The van der Waals surface area contributed by atoms with E-state index in [0.717, 1.165) is 0 Å². The molecule has 88 valence electrons. The number of hydrogen-bond acceptors (Lipinski definition) is 5. The van der Waals surface area contributed by atoms with Crippen LogP contribution in [0.25, 0.3) is 0 Å². The Morgan fingerprint density at radius 2 is 1.67 bits per heavy atom. The lowest BCUT2D eigenvalue weighted by Crippen LogP contribution is -2.59. The van der Waals surface area contributed by atoms with E-state index in [-0.39, 0.29) is 11.7 Å². The molecule has 1 fully saturated rings. The van der Waals surface area contributed by atoms with E-state index in [1.165, 1.54) is 0 Å². The van der Waals surface area contributed by atoms with E-state index in [1.807, 2.05) is 13.8 Å². The zero-order valence-corrected chi connectivity index (χ0v) is 8.87. The average molecular weight is 218 g/mol. The lowest BCUT2D eigenvalue weighted by molar-refractivity contribution is -0.227. The molecular formula is C10H18O5. The van der Waals surface area contributed by atoms with Gasteiger partial charge in [-0.25, -0.2) is 0 Å². The summed E-state index contributed by atoms with van der Waals surface area (Å²) in [6, 6.07) is 0. The van der Waals surface area contributed by atoms with Gasteiger partial charge in [0.25, 0.3) is 0 Å². The molecule has 0 amide bonds. The monoisotopic (exact) mass is 218 g/mol. The van der Waals surface area contributed by atoms with Gasteiger partial charge in [0.1, 0.15) is 30.2 Å². The van der Waals surface area contributed by atoms with E-state index in [1.54, 1.807) is 0 Å². The Morgan fingerprint density at radius 3 is 2.07 bits per heavy atom. The van der Waals surface area contributed by atoms with Crippen LogP contribution in [-0.2, 0) is 4.74 Å². The third kappa shape index (κ3) is 2.31. The van der Waals surface area contributed by atoms with Crippen LogP contribution < -0.4 is 0 Å². The van der Waals surface area contributed by atoms with Gasteiger partial charge in [0.15, 0.2) is 0 Å². The third-order valence-electron chi connectivity index (χ3n) is 2.64. The molecule has 15 heavy (non-hydrogen) atoms. The molecule has 1 rings (SSSR count). The zero-order chi connectivity index (χ0) is 11.7. The summed E-state index contributed by atoms with van der Waals surface area (Å²) in [5.41, 5.74) is 0. The third-order valence-corrected chi connectivity index (χ3v) is 2.64. The molecule has 1 aliphatic heterocycles. The van der Waals surface area contributed by atoms with Gasteiger partial charge in [0.05, 0.1) is 6.10 Å². The molecular weight excluding hydrogens is 200 g/mol. The normalized spacial score (nSPS) is 41.9. The summed E-state index contributed by atoms with van der Waals surface area (Å²) in [7, 11) is 0. The van der Waals surface area contributed by atoms with Gasteiger partial charge in [-0.3, -0.25) is 0 Å². The van der Waals surface area contributed by atoms with E-state index in [9.17, 15) is 20.4 Å². The molecule has 0 aromatic heterocycles. The fourth-order valence-electron chi connectivity index (χ4n) is 1.73. The molecule has 0 spiro atoms. The van der Waals surface area contributed by atoms with Crippen molar-refractivity contribution in [2.45, 2.75) is 44.4 Å². The first-order valence-corrected chi connectivity index (χ1v) is 4.93. The van der Waals surface area contributed by atoms with Crippen LogP contribution in [0.4, 0.5) is 0 Å². The smallest absolute Gasteiger partial charge is 0.142 e. The van der Waals surface area contributed by atoms with Crippen LogP contribution in [-0.4, -0.2) is 50.9 Å². The van der Waals surface area contributed by atoms with Crippen LogP contribution in [0, 0.1) is 5.92 Å². The molecule has 4 N–H and O–H groups in total. The second-order valence-corrected chi connectivity index (χ2v) is 4.23. The van der Waals surface area contributed by atoms with E-state index >= 15 is 0 Å². The van der Waals surface area contributed by atoms with Gasteiger partial charge in [-0.15, -0.1) is 0 Å². The van der Waals surface area contributed by atoms with E-state index < -0.39 is 30.5 Å². The molecule has 0 bridgehead atoms. The number of rotatable bonds is 2. The van der Waals surface area contributed by atoms with Crippen molar-refractivity contribution in [2.75, 3.05) is 0 Å². The Bertz CT molecular complexity index is 240. The fraction of sp³-hybridized carbons (Fsp3) is 0.800. The van der Waals surface area contributed by atoms with Crippen molar-refractivity contribution in [2.24, 2.45) is 5.92 Å². The molecule has 1 heterocycles. The maximum atomic E-state index is 9.63. The minimum absolute atomic E-state index is 0.0380. The second-order valence-electron chi connectivity index (χ2n) is 4.23. The second kappa shape index (κ2) is 4.49. The minimum Gasteiger partial charge on any atom is -0.510 e. The predicted molar refractivity (Wildman–Crippen MR) is 53.3 cm³/mol. The van der Waals surface area contributed by atoms with Crippen LogP contribution in [0.5, 0.6) is 0 Å². The number of ether oxygens (including phenoxy) is 1. The fourth-order valence-corrected chi connectivity index (χ4v) is 1.73. The van der Waals surface area contributed by atoms with Crippen LogP contribution in [0.1, 0.15) is 13.8 Å². The molecule has 5 nitrogen and oxygen atoms in total. The summed E-state index contributed by atoms with van der Waals surface area (Å²) >= 11 is 0. The van der Waals surface area contributed by atoms with Crippen LogP contribution in [0.15, 0.2) is 12.3 Å². The zero-order valence-electron chi connectivity index (χ0n) is 8.87. The number of aliphatic hydroxyl groups is 4. The first-order valence-electron chi connectivity index (χ1n) is 4.93. The molecule has 0 aliphatic carbocycles. The SMILES string of the molecule is C=C(O)C1O[C@@H](C(C)C)C(O)[C@@H](O)[C@H]1O. The van der Waals surface area contributed by atoms with Gasteiger partial charge in [-0.2, -0.15) is 0 Å². The highest BCUT2D eigenvalue weighted by Gasteiger charge is 2.45. The summed E-state index contributed by atoms with van der Waals surface area (Å²) in [4.78, 5) is 0. The molecule has 5 atom stereocenters. The lowest BCUT2D eigenvalue weighted by Gasteiger charge is -2.41. The van der Waals surface area contributed by atoms with Gasteiger partial charge in [0, 0.05) is 0 Å². The van der Waals surface area contributed by atoms with Crippen LogP contribution >= 0.6 is 0 Å². The van der Waals surface area contributed by atoms with Gasteiger partial charge in [-0.05, 0) is 5.92 Å². The minimum atomic E-state index is -1.35. The number of hydrogen-bond donors (Lipinski definition) is 4. The van der Waals surface area contributed by atoms with E-state index in [0.29, 0.717) is 0 Å². The molecule has 0 aromatic rings. The molecule has 0 aromatic carbocycles. The molecule has 1 aliphatic rings. The highest BCUT2D eigenvalue weighted by Crippen LogP contribution is 2.27. The summed E-state index contributed by atoms with van der Waals surface area (Å²) in [6.07, 6.45) is -5.52. The topological polar surface area (TPSA) is 90.2 Å². The average Bonchev–Trinajstić information content (AvgIpc) is 2.13. The quantitative estimate of drug-likeness (QED) is 0.472. The molecule has 0 saturated carbocycles. The van der Waals surface area contributed by atoms with Gasteiger partial charge < -0.3 is 25.2 Å². The Kier molecular flexibility index (Phi) is 3.72. The van der Waals surface area contributed by atoms with Gasteiger partial charge in [0.2, 0.25) is 0 Å². The Hall–Kier alpha value is -0.620. The van der Waals surface area contributed by atoms with Gasteiger partial charge in [-0.1, -0.05) is 20.4 Å². The molecule has 5 heteroatoms.